The van der Waals surface area contributed by atoms with Gasteiger partial charge in [-0.15, -0.1) is 0 Å². The molecule has 1 unspecified atom stereocenters. The number of hydrogen-bond donors (Lipinski definition) is 2. The van der Waals surface area contributed by atoms with Gasteiger partial charge in [0, 0.05) is 24.0 Å². The number of carbonyl (C=O) groups excluding carboxylic acids is 2. The molecule has 3 heterocycles. The molecule has 0 aliphatic carbocycles. The standard InChI is InChI=1S/C38H40N6O9/c1-23(26-16-25(14-15-28(26)44(48)49)24-10-6-5-7-11-24)18-51-36(47)52-19-31-29(45)17-38(53-31,43-22-42-33-34(39)40-21-41-35(33)43)32(46)20-50-30-13-9-8-12-27(30)37(2,3)4/h5-16,21-23,29,31,45H,17-20H2,1-4H3,(H2,39,40,41)/t23?,29-,31+,38-/m0/s1. The zero-order valence-corrected chi connectivity index (χ0v) is 29.7. The van der Waals surface area contributed by atoms with Crippen molar-refractivity contribution in [2.45, 2.75) is 63.4 Å². The minimum absolute atomic E-state index is 0.0826. The number of carbonyl (C=O) groups is 2. The number of aliphatic hydroxyl groups excluding tert-OH is 1. The van der Waals surface area contributed by atoms with E-state index in [4.69, 9.17) is 24.7 Å². The topological polar surface area (TPSA) is 204 Å². The fourth-order valence-electron chi connectivity index (χ4n) is 6.39. The number of imidazole rings is 1. The van der Waals surface area contributed by atoms with Crippen LogP contribution in [-0.2, 0) is 30.1 Å². The van der Waals surface area contributed by atoms with E-state index in [0.717, 1.165) is 16.7 Å². The lowest BCUT2D eigenvalue weighted by Gasteiger charge is -2.30. The van der Waals surface area contributed by atoms with Crippen molar-refractivity contribution in [1.82, 2.24) is 19.5 Å². The molecule has 1 aliphatic heterocycles. The first kappa shape index (κ1) is 36.8. The predicted octanol–water partition coefficient (Wildman–Crippen LogP) is 5.69. The first-order valence-corrected chi connectivity index (χ1v) is 17.0. The summed E-state index contributed by atoms with van der Waals surface area (Å²) in [5.74, 6) is -0.537. The van der Waals surface area contributed by atoms with Crippen molar-refractivity contribution in [1.29, 1.82) is 0 Å². The van der Waals surface area contributed by atoms with Crippen LogP contribution in [0, 0.1) is 10.1 Å². The Morgan fingerprint density at radius 2 is 1.79 bits per heavy atom. The van der Waals surface area contributed by atoms with Crippen LogP contribution in [0.1, 0.15) is 51.2 Å². The molecule has 2 aromatic heterocycles. The highest BCUT2D eigenvalue weighted by molar-refractivity contribution is 5.90. The Bertz CT molecular complexity index is 2130. The van der Waals surface area contributed by atoms with Crippen LogP contribution in [0.3, 0.4) is 0 Å². The maximum absolute atomic E-state index is 14.2. The van der Waals surface area contributed by atoms with Crippen molar-refractivity contribution in [3.8, 4) is 16.9 Å². The minimum Gasteiger partial charge on any atom is -0.485 e. The first-order valence-electron chi connectivity index (χ1n) is 17.0. The van der Waals surface area contributed by atoms with Crippen molar-refractivity contribution in [2.24, 2.45) is 0 Å². The average molecular weight is 725 g/mol. The molecule has 5 aromatic rings. The van der Waals surface area contributed by atoms with E-state index in [1.54, 1.807) is 31.2 Å². The number of nitro benzene ring substituents is 1. The number of hydrogen-bond acceptors (Lipinski definition) is 13. The summed E-state index contributed by atoms with van der Waals surface area (Å²) in [4.78, 5) is 50.9. The van der Waals surface area contributed by atoms with E-state index < -0.39 is 53.9 Å². The van der Waals surface area contributed by atoms with Gasteiger partial charge in [0.05, 0.1) is 17.4 Å². The van der Waals surface area contributed by atoms with Crippen molar-refractivity contribution >= 4 is 34.6 Å². The lowest BCUT2D eigenvalue weighted by atomic mass is 9.86. The number of anilines is 1. The average Bonchev–Trinajstić information content (AvgIpc) is 3.74. The number of para-hydroxylation sites is 1. The molecule has 3 aromatic carbocycles. The molecule has 0 amide bonds. The molecule has 3 N–H and O–H groups in total. The number of Topliss-reactive ketones (excluding diaryl/α,β-unsaturated/α-hetero) is 1. The normalized spacial score (nSPS) is 19.1. The number of aromatic nitrogens is 4. The van der Waals surface area contributed by atoms with E-state index in [1.807, 2.05) is 63.2 Å². The first-order chi connectivity index (χ1) is 25.3. The van der Waals surface area contributed by atoms with Gasteiger partial charge in [-0.1, -0.05) is 76.2 Å². The number of fused-ring (bicyclic) bond motifs is 1. The van der Waals surface area contributed by atoms with E-state index in [1.165, 1.54) is 23.3 Å². The molecule has 1 aliphatic rings. The fourth-order valence-corrected chi connectivity index (χ4v) is 6.39. The number of benzene rings is 3. The summed E-state index contributed by atoms with van der Waals surface area (Å²) >= 11 is 0. The highest BCUT2D eigenvalue weighted by Crippen LogP contribution is 2.40. The summed E-state index contributed by atoms with van der Waals surface area (Å²) in [6.45, 7) is 6.63. The zero-order valence-electron chi connectivity index (χ0n) is 29.7. The maximum atomic E-state index is 14.2. The van der Waals surface area contributed by atoms with Crippen LogP contribution >= 0.6 is 0 Å². The summed E-state index contributed by atoms with van der Waals surface area (Å²) < 4.78 is 24.4. The lowest BCUT2D eigenvalue weighted by Crippen LogP contribution is -2.45. The number of nitrogens with zero attached hydrogens (tertiary/aromatic N) is 5. The van der Waals surface area contributed by atoms with E-state index in [0.29, 0.717) is 11.3 Å². The molecule has 15 nitrogen and oxygen atoms in total. The summed E-state index contributed by atoms with van der Waals surface area (Å²) in [6, 6.07) is 21.6. The highest BCUT2D eigenvalue weighted by Gasteiger charge is 2.54. The third-order valence-corrected chi connectivity index (χ3v) is 9.18. The van der Waals surface area contributed by atoms with Crippen LogP contribution in [0.25, 0.3) is 22.3 Å². The number of rotatable bonds is 12. The molecule has 53 heavy (non-hydrogen) atoms. The summed E-state index contributed by atoms with van der Waals surface area (Å²) in [7, 11) is 0. The Morgan fingerprint density at radius 1 is 1.06 bits per heavy atom. The fraction of sp³-hybridized carbons (Fsp3) is 0.342. The van der Waals surface area contributed by atoms with Crippen LogP contribution in [-0.4, -0.2) is 73.5 Å². The summed E-state index contributed by atoms with van der Waals surface area (Å²) in [6.07, 6.45) is -1.26. The van der Waals surface area contributed by atoms with Gasteiger partial charge in [0.1, 0.15) is 36.9 Å². The Morgan fingerprint density at radius 3 is 2.53 bits per heavy atom. The molecule has 0 saturated carbocycles. The highest BCUT2D eigenvalue weighted by atomic mass is 16.7. The number of nitrogens with two attached hydrogens (primary N) is 1. The molecule has 15 heteroatoms. The van der Waals surface area contributed by atoms with Gasteiger partial charge < -0.3 is 29.8 Å². The predicted molar refractivity (Wildman–Crippen MR) is 193 cm³/mol. The third-order valence-electron chi connectivity index (χ3n) is 9.18. The van der Waals surface area contributed by atoms with E-state index in [9.17, 15) is 24.8 Å². The Kier molecular flexibility index (Phi) is 10.4. The monoisotopic (exact) mass is 724 g/mol. The van der Waals surface area contributed by atoms with Gasteiger partial charge in [-0.25, -0.2) is 19.7 Å². The van der Waals surface area contributed by atoms with Crippen molar-refractivity contribution in [2.75, 3.05) is 25.6 Å². The van der Waals surface area contributed by atoms with Crippen LogP contribution < -0.4 is 10.5 Å². The molecule has 1 saturated heterocycles. The van der Waals surface area contributed by atoms with Gasteiger partial charge in [-0.05, 0) is 40.3 Å². The smallest absolute Gasteiger partial charge is 0.485 e. The molecule has 6 rings (SSSR count). The van der Waals surface area contributed by atoms with Crippen molar-refractivity contribution in [3.63, 3.8) is 0 Å². The van der Waals surface area contributed by atoms with Gasteiger partial charge in [-0.2, -0.15) is 0 Å². The number of ketones is 1. The molecule has 0 bridgehead atoms. The second kappa shape index (κ2) is 15.0. The maximum Gasteiger partial charge on any atom is 0.508 e. The molecular formula is C38H40N6O9. The van der Waals surface area contributed by atoms with Crippen LogP contribution in [0.5, 0.6) is 5.75 Å². The Balaban J connectivity index is 1.17. The number of nitrogen functional groups attached to an aromatic ring is 1. The quantitative estimate of drug-likeness (QED) is 0.0903. The lowest BCUT2D eigenvalue weighted by molar-refractivity contribution is -0.385. The molecule has 4 atom stereocenters. The second-order valence-corrected chi connectivity index (χ2v) is 13.9. The SMILES string of the molecule is CC(COC(=O)OC[C@H]1O[C@@](C(=O)COc2ccccc2C(C)(C)C)(n2cnc3c(N)ncnc32)C[C@@H]1O)c1cc(-c2ccccc2)ccc1[N+](=O)[O-]. The van der Waals surface area contributed by atoms with E-state index in [2.05, 4.69) is 15.0 Å². The van der Waals surface area contributed by atoms with E-state index >= 15 is 0 Å². The summed E-state index contributed by atoms with van der Waals surface area (Å²) in [5, 5.41) is 23.0. The zero-order chi connectivity index (χ0) is 37.9. The van der Waals surface area contributed by atoms with Crippen molar-refractivity contribution in [3.05, 3.63) is 107 Å². The van der Waals surface area contributed by atoms with E-state index in [-0.39, 0.29) is 41.1 Å². The van der Waals surface area contributed by atoms with Gasteiger partial charge in [0.25, 0.3) is 5.69 Å². The minimum atomic E-state index is -1.87. The van der Waals surface area contributed by atoms with Gasteiger partial charge in [-0.3, -0.25) is 19.5 Å². The second-order valence-electron chi connectivity index (χ2n) is 13.9. The number of ether oxygens (including phenoxy) is 4. The third kappa shape index (κ3) is 7.66. The van der Waals surface area contributed by atoms with Crippen LogP contribution in [0.4, 0.5) is 16.3 Å². The van der Waals surface area contributed by atoms with Crippen LogP contribution in [0.2, 0.25) is 0 Å². The molecule has 276 valence electrons. The molecular weight excluding hydrogens is 684 g/mol. The van der Waals surface area contributed by atoms with Crippen molar-refractivity contribution < 1.29 is 38.6 Å². The molecule has 1 fully saturated rings. The molecule has 0 spiro atoms. The van der Waals surface area contributed by atoms with Crippen LogP contribution in [0.15, 0.2) is 85.5 Å². The Hall–Kier alpha value is -5.93. The molecule has 0 radical (unpaired) electrons. The van der Waals surface area contributed by atoms with Gasteiger partial charge in [0.2, 0.25) is 11.5 Å². The Labute approximate surface area is 304 Å². The van der Waals surface area contributed by atoms with Gasteiger partial charge >= 0.3 is 6.16 Å². The summed E-state index contributed by atoms with van der Waals surface area (Å²) in [5.41, 5.74) is 7.10. The largest absolute Gasteiger partial charge is 0.508 e. The number of aliphatic hydroxyl groups is 1. The number of nitro groups is 1. The van der Waals surface area contributed by atoms with Gasteiger partial charge in [0.15, 0.2) is 18.1 Å².